The predicted octanol–water partition coefficient (Wildman–Crippen LogP) is 4.51. The summed E-state index contributed by atoms with van der Waals surface area (Å²) in [5.41, 5.74) is 9.11. The summed E-state index contributed by atoms with van der Waals surface area (Å²) in [6.45, 7) is 6.17. The first kappa shape index (κ1) is 22.6. The standard InChI is InChI=1S/C25H30ClFN4O/c1-2-18-7-5-9-22(24(18)26)30-14-12-29(13-15-30)17-20(27)10-11-31-21-8-4-3-6-19(21)16-23(31)25(28)32/h3-9,16,20H,2,10-15,17H2,1H3,(H2,28,32)/t20-/m1/s1. The largest absolute Gasteiger partial charge is 0.368 e. The molecule has 1 fully saturated rings. The number of hydrogen-bond donors (Lipinski definition) is 1. The smallest absolute Gasteiger partial charge is 0.265 e. The minimum absolute atomic E-state index is 0.337. The number of halogens is 2. The molecule has 0 spiro atoms. The number of carbonyl (C=O) groups excluding carboxylic acids is 1. The van der Waals surface area contributed by atoms with Gasteiger partial charge in [0.2, 0.25) is 0 Å². The molecule has 32 heavy (non-hydrogen) atoms. The fraction of sp³-hybridized carbons (Fsp3) is 0.400. The average Bonchev–Trinajstić information content (AvgIpc) is 3.17. The third-order valence-electron chi connectivity index (χ3n) is 6.34. The fourth-order valence-corrected chi connectivity index (χ4v) is 4.93. The van der Waals surface area contributed by atoms with E-state index >= 15 is 0 Å². The van der Waals surface area contributed by atoms with Crippen LogP contribution in [0.5, 0.6) is 0 Å². The van der Waals surface area contributed by atoms with Gasteiger partial charge in [-0.05, 0) is 36.6 Å². The molecule has 1 aliphatic heterocycles. The van der Waals surface area contributed by atoms with Gasteiger partial charge in [-0.1, -0.05) is 48.9 Å². The highest BCUT2D eigenvalue weighted by molar-refractivity contribution is 6.34. The molecule has 7 heteroatoms. The number of anilines is 1. The molecule has 1 aliphatic rings. The first-order chi connectivity index (χ1) is 15.5. The van der Waals surface area contributed by atoms with Gasteiger partial charge < -0.3 is 15.2 Å². The van der Waals surface area contributed by atoms with Gasteiger partial charge in [-0.15, -0.1) is 0 Å². The number of fused-ring (bicyclic) bond motifs is 1. The summed E-state index contributed by atoms with van der Waals surface area (Å²) in [5.74, 6) is -0.487. The maximum atomic E-state index is 14.9. The van der Waals surface area contributed by atoms with Crippen LogP contribution in [0.2, 0.25) is 5.02 Å². The van der Waals surface area contributed by atoms with Gasteiger partial charge in [0, 0.05) is 50.2 Å². The van der Waals surface area contributed by atoms with E-state index in [9.17, 15) is 9.18 Å². The number of hydrogen-bond acceptors (Lipinski definition) is 3. The number of nitrogens with zero attached hydrogens (tertiary/aromatic N) is 3. The van der Waals surface area contributed by atoms with E-state index in [2.05, 4.69) is 34.9 Å². The normalized spacial score (nSPS) is 15.9. The average molecular weight is 457 g/mol. The van der Waals surface area contributed by atoms with E-state index in [1.54, 1.807) is 6.07 Å². The number of carbonyl (C=O) groups is 1. The number of aromatic nitrogens is 1. The first-order valence-corrected chi connectivity index (χ1v) is 11.6. The van der Waals surface area contributed by atoms with Gasteiger partial charge in [0.05, 0.1) is 10.7 Å². The second-order valence-electron chi connectivity index (χ2n) is 8.38. The van der Waals surface area contributed by atoms with Gasteiger partial charge in [-0.25, -0.2) is 4.39 Å². The summed E-state index contributed by atoms with van der Waals surface area (Å²) in [6.07, 6.45) is 0.267. The Morgan fingerprint density at radius 3 is 2.59 bits per heavy atom. The van der Waals surface area contributed by atoms with Crippen LogP contribution in [0.1, 0.15) is 29.4 Å². The predicted molar refractivity (Wildman–Crippen MR) is 129 cm³/mol. The molecule has 2 aromatic carbocycles. The molecule has 1 atom stereocenters. The third-order valence-corrected chi connectivity index (χ3v) is 6.77. The molecule has 4 rings (SSSR count). The molecule has 0 bridgehead atoms. The van der Waals surface area contributed by atoms with Crippen LogP contribution < -0.4 is 10.6 Å². The molecule has 3 aromatic rings. The quantitative estimate of drug-likeness (QED) is 0.542. The molecule has 0 radical (unpaired) electrons. The van der Waals surface area contributed by atoms with Crippen molar-refractivity contribution in [1.82, 2.24) is 9.47 Å². The second-order valence-corrected chi connectivity index (χ2v) is 8.76. The maximum Gasteiger partial charge on any atom is 0.265 e. The van der Waals surface area contributed by atoms with E-state index < -0.39 is 12.1 Å². The number of alkyl halides is 1. The number of piperazine rings is 1. The third kappa shape index (κ3) is 4.76. The molecule has 0 unspecified atom stereocenters. The summed E-state index contributed by atoms with van der Waals surface area (Å²) < 4.78 is 16.7. The van der Waals surface area contributed by atoms with Crippen LogP contribution in [0, 0.1) is 0 Å². The van der Waals surface area contributed by atoms with Gasteiger partial charge in [0.25, 0.3) is 5.91 Å². The summed E-state index contributed by atoms with van der Waals surface area (Å²) in [6, 6.07) is 15.7. The molecule has 1 aromatic heterocycles. The number of aryl methyl sites for hydroxylation is 2. The first-order valence-electron chi connectivity index (χ1n) is 11.2. The van der Waals surface area contributed by atoms with Crippen molar-refractivity contribution < 1.29 is 9.18 Å². The van der Waals surface area contributed by atoms with Crippen LogP contribution in [-0.2, 0) is 13.0 Å². The van der Waals surface area contributed by atoms with E-state index in [1.165, 1.54) is 0 Å². The molecule has 5 nitrogen and oxygen atoms in total. The Balaban J connectivity index is 1.33. The lowest BCUT2D eigenvalue weighted by Gasteiger charge is -2.37. The molecule has 0 aliphatic carbocycles. The van der Waals surface area contributed by atoms with Crippen molar-refractivity contribution in [3.05, 3.63) is 64.8 Å². The van der Waals surface area contributed by atoms with Crippen molar-refractivity contribution in [2.75, 3.05) is 37.6 Å². The Morgan fingerprint density at radius 1 is 1.12 bits per heavy atom. The van der Waals surface area contributed by atoms with Crippen molar-refractivity contribution in [2.24, 2.45) is 5.73 Å². The zero-order valence-electron chi connectivity index (χ0n) is 18.4. The highest BCUT2D eigenvalue weighted by Crippen LogP contribution is 2.30. The zero-order chi connectivity index (χ0) is 22.7. The van der Waals surface area contributed by atoms with Crippen LogP contribution in [0.25, 0.3) is 10.9 Å². The van der Waals surface area contributed by atoms with Crippen molar-refractivity contribution in [1.29, 1.82) is 0 Å². The Hall–Kier alpha value is -2.57. The minimum atomic E-state index is -0.976. The summed E-state index contributed by atoms with van der Waals surface area (Å²) in [7, 11) is 0. The van der Waals surface area contributed by atoms with Crippen molar-refractivity contribution in [2.45, 2.75) is 32.5 Å². The summed E-state index contributed by atoms with van der Waals surface area (Å²) in [4.78, 5) is 16.3. The van der Waals surface area contributed by atoms with Crippen molar-refractivity contribution in [3.63, 3.8) is 0 Å². The Morgan fingerprint density at radius 2 is 1.88 bits per heavy atom. The molecule has 1 amide bonds. The number of nitrogens with two attached hydrogens (primary N) is 1. The van der Waals surface area contributed by atoms with E-state index in [0.29, 0.717) is 25.2 Å². The Bertz CT molecular complexity index is 1090. The highest BCUT2D eigenvalue weighted by Gasteiger charge is 2.22. The molecule has 170 valence electrons. The topological polar surface area (TPSA) is 54.5 Å². The molecular formula is C25H30ClFN4O. The lowest BCUT2D eigenvalue weighted by atomic mass is 10.1. The van der Waals surface area contributed by atoms with Gasteiger partial charge in [-0.2, -0.15) is 0 Å². The molecule has 2 heterocycles. The minimum Gasteiger partial charge on any atom is -0.368 e. The summed E-state index contributed by atoms with van der Waals surface area (Å²) in [5, 5.41) is 1.77. The SMILES string of the molecule is CCc1cccc(N2CCN(C[C@H](F)CCn3c(C(N)=O)cc4ccccc43)CC2)c1Cl. The van der Waals surface area contributed by atoms with Crippen LogP contribution >= 0.6 is 11.6 Å². The molecule has 2 N–H and O–H groups in total. The van der Waals surface area contributed by atoms with E-state index in [0.717, 1.165) is 59.8 Å². The Labute approximate surface area is 193 Å². The van der Waals surface area contributed by atoms with Gasteiger partial charge in [0.15, 0.2) is 0 Å². The van der Waals surface area contributed by atoms with Gasteiger partial charge >= 0.3 is 0 Å². The van der Waals surface area contributed by atoms with E-state index in [1.807, 2.05) is 28.8 Å². The van der Waals surface area contributed by atoms with E-state index in [-0.39, 0.29) is 0 Å². The number of primary amides is 1. The van der Waals surface area contributed by atoms with Crippen LogP contribution in [0.3, 0.4) is 0 Å². The van der Waals surface area contributed by atoms with Gasteiger partial charge in [-0.3, -0.25) is 9.69 Å². The maximum absolute atomic E-state index is 14.9. The van der Waals surface area contributed by atoms with E-state index in [4.69, 9.17) is 17.3 Å². The second kappa shape index (κ2) is 9.92. The fourth-order valence-electron chi connectivity index (χ4n) is 4.55. The van der Waals surface area contributed by atoms with Gasteiger partial charge in [0.1, 0.15) is 11.9 Å². The van der Waals surface area contributed by atoms with Crippen LogP contribution in [-0.4, -0.2) is 54.3 Å². The monoisotopic (exact) mass is 456 g/mol. The number of para-hydroxylation sites is 1. The van der Waals surface area contributed by atoms with Crippen molar-refractivity contribution >= 4 is 34.1 Å². The zero-order valence-corrected chi connectivity index (χ0v) is 19.2. The van der Waals surface area contributed by atoms with Crippen LogP contribution in [0.4, 0.5) is 10.1 Å². The number of rotatable bonds is 8. The molecular weight excluding hydrogens is 427 g/mol. The van der Waals surface area contributed by atoms with Crippen molar-refractivity contribution in [3.8, 4) is 0 Å². The lowest BCUT2D eigenvalue weighted by Crippen LogP contribution is -2.48. The summed E-state index contributed by atoms with van der Waals surface area (Å²) >= 11 is 6.58. The highest BCUT2D eigenvalue weighted by atomic mass is 35.5. The molecule has 1 saturated heterocycles. The number of amides is 1. The number of benzene rings is 2. The lowest BCUT2D eigenvalue weighted by molar-refractivity contribution is 0.0990. The molecule has 0 saturated carbocycles. The Kier molecular flexibility index (Phi) is 7.01. The van der Waals surface area contributed by atoms with Crippen LogP contribution in [0.15, 0.2) is 48.5 Å².